The van der Waals surface area contributed by atoms with Crippen LogP contribution in [0.25, 0.3) is 0 Å². The van der Waals surface area contributed by atoms with Gasteiger partial charge in [-0.1, -0.05) is 83.5 Å². The van der Waals surface area contributed by atoms with E-state index in [-0.39, 0.29) is 0 Å². The van der Waals surface area contributed by atoms with E-state index in [1.165, 1.54) is 69.9 Å². The molecule has 0 heterocycles. The molecular weight excluding hydrogens is 244 g/mol. The lowest BCUT2D eigenvalue weighted by Crippen LogP contribution is -2.24. The molecule has 0 aliphatic carbocycles. The summed E-state index contributed by atoms with van der Waals surface area (Å²) in [7, 11) is -0.890. The number of hydrogen-bond donors (Lipinski definition) is 0. The van der Waals surface area contributed by atoms with Crippen molar-refractivity contribution in [2.24, 2.45) is 0 Å². The van der Waals surface area contributed by atoms with Gasteiger partial charge in [-0.05, 0) is 6.42 Å². The van der Waals surface area contributed by atoms with Crippen molar-refractivity contribution in [3.05, 3.63) is 0 Å². The van der Waals surface area contributed by atoms with Crippen molar-refractivity contribution < 1.29 is 0 Å². The number of unbranched alkanes of at least 4 members (excludes halogenated alkanes) is 7. The van der Waals surface area contributed by atoms with Crippen LogP contribution < -0.4 is 0 Å². The van der Waals surface area contributed by atoms with Gasteiger partial charge in [0.2, 0.25) is 0 Å². The molecule has 0 aromatic carbocycles. The van der Waals surface area contributed by atoms with Crippen molar-refractivity contribution in [3.63, 3.8) is 0 Å². The SMILES string of the molecule is CCCCCCCCCC[Si](C)(C)CCCCl. The highest BCUT2D eigenvalue weighted by molar-refractivity contribution is 6.77. The Labute approximate surface area is 116 Å². The van der Waals surface area contributed by atoms with E-state index < -0.39 is 8.07 Å². The lowest BCUT2D eigenvalue weighted by Gasteiger charge is -2.21. The van der Waals surface area contributed by atoms with E-state index in [0.29, 0.717) is 0 Å². The third kappa shape index (κ3) is 12.7. The summed E-state index contributed by atoms with van der Waals surface area (Å²) >= 11 is 5.77. The second-order valence-corrected chi connectivity index (χ2v) is 11.9. The van der Waals surface area contributed by atoms with Gasteiger partial charge in [0.05, 0.1) is 0 Å². The average Bonchev–Trinajstić information content (AvgIpc) is 2.30. The molecule has 0 saturated carbocycles. The molecule has 0 aromatic rings. The van der Waals surface area contributed by atoms with E-state index in [9.17, 15) is 0 Å². The molecule has 17 heavy (non-hydrogen) atoms. The molecule has 0 radical (unpaired) electrons. The van der Waals surface area contributed by atoms with Crippen LogP contribution in [0.15, 0.2) is 0 Å². The highest BCUT2D eigenvalue weighted by Crippen LogP contribution is 2.21. The molecule has 0 bridgehead atoms. The summed E-state index contributed by atoms with van der Waals surface area (Å²) in [6.45, 7) is 7.34. The fourth-order valence-corrected chi connectivity index (χ4v) is 5.36. The smallest absolute Gasteiger partial charge is 0.0474 e. The van der Waals surface area contributed by atoms with Gasteiger partial charge in [-0.3, -0.25) is 0 Å². The van der Waals surface area contributed by atoms with E-state index in [4.69, 9.17) is 11.6 Å². The molecule has 0 unspecified atom stereocenters. The summed E-state index contributed by atoms with van der Waals surface area (Å²) in [6, 6.07) is 2.94. The maximum atomic E-state index is 5.77. The molecule has 0 saturated heterocycles. The van der Waals surface area contributed by atoms with Crippen LogP contribution in [0.3, 0.4) is 0 Å². The molecule has 0 N–H and O–H groups in total. The number of hydrogen-bond acceptors (Lipinski definition) is 0. The molecule has 0 rings (SSSR count). The third-order valence-electron chi connectivity index (χ3n) is 3.69. The van der Waals surface area contributed by atoms with Crippen LogP contribution in [0.1, 0.15) is 64.7 Å². The number of alkyl halides is 1. The largest absolute Gasteiger partial charge is 0.127 e. The van der Waals surface area contributed by atoms with Crippen molar-refractivity contribution in [2.75, 3.05) is 5.88 Å². The first-order valence-corrected chi connectivity index (χ1v) is 11.6. The van der Waals surface area contributed by atoms with Gasteiger partial charge in [-0.2, -0.15) is 0 Å². The Morgan fingerprint density at radius 3 is 1.71 bits per heavy atom. The van der Waals surface area contributed by atoms with Crippen LogP contribution in [-0.2, 0) is 0 Å². The lowest BCUT2D eigenvalue weighted by molar-refractivity contribution is 0.583. The Morgan fingerprint density at radius 1 is 0.706 bits per heavy atom. The highest BCUT2D eigenvalue weighted by atomic mass is 35.5. The second kappa shape index (κ2) is 11.6. The van der Waals surface area contributed by atoms with Crippen molar-refractivity contribution >= 4 is 19.7 Å². The predicted octanol–water partition coefficient (Wildman–Crippen LogP) is 6.46. The predicted molar refractivity (Wildman–Crippen MR) is 85.0 cm³/mol. The molecule has 0 spiro atoms. The fraction of sp³-hybridized carbons (Fsp3) is 1.00. The first kappa shape index (κ1) is 17.5. The zero-order valence-electron chi connectivity index (χ0n) is 12.4. The van der Waals surface area contributed by atoms with Gasteiger partial charge >= 0.3 is 0 Å². The van der Waals surface area contributed by atoms with E-state index in [2.05, 4.69) is 20.0 Å². The summed E-state index contributed by atoms with van der Waals surface area (Å²) in [6.07, 6.45) is 12.8. The summed E-state index contributed by atoms with van der Waals surface area (Å²) in [4.78, 5) is 0. The van der Waals surface area contributed by atoms with E-state index >= 15 is 0 Å². The minimum atomic E-state index is -0.890. The highest BCUT2D eigenvalue weighted by Gasteiger charge is 2.18. The minimum absolute atomic E-state index is 0.855. The summed E-state index contributed by atoms with van der Waals surface area (Å²) in [5.41, 5.74) is 0. The molecule has 104 valence electrons. The van der Waals surface area contributed by atoms with Crippen molar-refractivity contribution in [3.8, 4) is 0 Å². The Hall–Kier alpha value is 0.507. The maximum Gasteiger partial charge on any atom is 0.0474 e. The van der Waals surface area contributed by atoms with Gasteiger partial charge in [0, 0.05) is 14.0 Å². The van der Waals surface area contributed by atoms with Crippen molar-refractivity contribution in [1.82, 2.24) is 0 Å². The van der Waals surface area contributed by atoms with Gasteiger partial charge < -0.3 is 0 Å². The average molecular weight is 277 g/mol. The maximum absolute atomic E-state index is 5.77. The Balaban J connectivity index is 3.26. The lowest BCUT2D eigenvalue weighted by atomic mass is 10.1. The standard InChI is InChI=1S/C15H33ClSi/c1-4-5-6-7-8-9-10-11-14-17(2,3)15-12-13-16/h4-15H2,1-3H3. The van der Waals surface area contributed by atoms with Crippen LogP contribution >= 0.6 is 11.6 Å². The van der Waals surface area contributed by atoms with Crippen molar-refractivity contribution in [1.29, 1.82) is 0 Å². The van der Waals surface area contributed by atoms with Gasteiger partial charge in [0.1, 0.15) is 0 Å². The van der Waals surface area contributed by atoms with Crippen LogP contribution in [0.2, 0.25) is 25.2 Å². The Kier molecular flexibility index (Phi) is 11.9. The number of rotatable bonds is 12. The second-order valence-electron chi connectivity index (χ2n) is 6.18. The molecule has 0 amide bonds. The van der Waals surface area contributed by atoms with Gasteiger partial charge in [0.25, 0.3) is 0 Å². The minimum Gasteiger partial charge on any atom is -0.127 e. The third-order valence-corrected chi connectivity index (χ3v) is 7.38. The Morgan fingerprint density at radius 2 is 1.18 bits per heavy atom. The quantitative estimate of drug-likeness (QED) is 0.218. The molecule has 0 fully saturated rings. The molecule has 0 atom stereocenters. The molecular formula is C15H33ClSi. The summed E-state index contributed by atoms with van der Waals surface area (Å²) in [5.74, 6) is 0.855. The zero-order valence-corrected chi connectivity index (χ0v) is 14.1. The Bertz CT molecular complexity index is 157. The monoisotopic (exact) mass is 276 g/mol. The first-order chi connectivity index (χ1) is 8.12. The van der Waals surface area contributed by atoms with Crippen LogP contribution in [0, 0.1) is 0 Å². The molecule has 0 aliphatic heterocycles. The molecule has 0 nitrogen and oxygen atoms in total. The first-order valence-electron chi connectivity index (χ1n) is 7.68. The molecule has 0 aliphatic rings. The summed E-state index contributed by atoms with van der Waals surface area (Å²) in [5, 5.41) is 0. The van der Waals surface area contributed by atoms with Crippen LogP contribution in [-0.4, -0.2) is 14.0 Å². The summed E-state index contributed by atoms with van der Waals surface area (Å²) < 4.78 is 0. The number of halogens is 1. The van der Waals surface area contributed by atoms with E-state index in [1.54, 1.807) is 0 Å². The topological polar surface area (TPSA) is 0 Å². The molecule has 0 aromatic heterocycles. The zero-order chi connectivity index (χ0) is 13.0. The van der Waals surface area contributed by atoms with Gasteiger partial charge in [-0.25, -0.2) is 0 Å². The van der Waals surface area contributed by atoms with Crippen molar-refractivity contribution in [2.45, 2.75) is 89.9 Å². The molecule has 2 heteroatoms. The normalized spacial score (nSPS) is 12.0. The van der Waals surface area contributed by atoms with Crippen LogP contribution in [0.4, 0.5) is 0 Å². The van der Waals surface area contributed by atoms with Crippen LogP contribution in [0.5, 0.6) is 0 Å². The van der Waals surface area contributed by atoms with Gasteiger partial charge in [0.15, 0.2) is 0 Å². The fourth-order valence-electron chi connectivity index (χ4n) is 2.41. The van der Waals surface area contributed by atoms with E-state index in [0.717, 1.165) is 5.88 Å². The van der Waals surface area contributed by atoms with E-state index in [1.807, 2.05) is 0 Å². The van der Waals surface area contributed by atoms with Gasteiger partial charge in [-0.15, -0.1) is 11.6 Å².